The van der Waals surface area contributed by atoms with Crippen LogP contribution in [0.15, 0.2) is 60.8 Å². The maximum atomic E-state index is 12.5. The van der Waals surface area contributed by atoms with Crippen molar-refractivity contribution in [2.75, 3.05) is 0 Å². The molecule has 1 heterocycles. The van der Waals surface area contributed by atoms with E-state index in [1.165, 1.54) is 6.20 Å². The van der Waals surface area contributed by atoms with Crippen molar-refractivity contribution in [1.29, 1.82) is 0 Å². The molecule has 0 atom stereocenters. The Kier molecular flexibility index (Phi) is 4.15. The third-order valence-corrected chi connectivity index (χ3v) is 3.63. The van der Waals surface area contributed by atoms with Gasteiger partial charge in [-0.2, -0.15) is 0 Å². The van der Waals surface area contributed by atoms with Gasteiger partial charge in [-0.1, -0.05) is 55.5 Å². The standard InChI is InChI=1S/C19H16N2O2/c1-2-17(22)16-12-20-19(21-16)15-10-6-9-14(11-15)18(23)13-7-4-3-5-8-13/h3-12H,2H2,1H3,(H,20,21). The highest BCUT2D eigenvalue weighted by atomic mass is 16.1. The van der Waals surface area contributed by atoms with Gasteiger partial charge in [0.05, 0.1) is 6.20 Å². The molecule has 0 saturated heterocycles. The third kappa shape index (κ3) is 3.11. The fraction of sp³-hybridized carbons (Fsp3) is 0.105. The van der Waals surface area contributed by atoms with Crippen molar-refractivity contribution < 1.29 is 9.59 Å². The number of aromatic amines is 1. The van der Waals surface area contributed by atoms with E-state index in [0.717, 1.165) is 5.56 Å². The fourth-order valence-electron chi connectivity index (χ4n) is 2.36. The van der Waals surface area contributed by atoms with Crippen LogP contribution in [0.2, 0.25) is 0 Å². The van der Waals surface area contributed by atoms with Crippen molar-refractivity contribution in [1.82, 2.24) is 9.97 Å². The number of carbonyl (C=O) groups excluding carboxylic acids is 2. The maximum Gasteiger partial charge on any atom is 0.193 e. The van der Waals surface area contributed by atoms with Gasteiger partial charge in [0, 0.05) is 23.1 Å². The average Bonchev–Trinajstić information content (AvgIpc) is 3.11. The summed E-state index contributed by atoms with van der Waals surface area (Å²) in [6, 6.07) is 16.4. The van der Waals surface area contributed by atoms with Crippen LogP contribution < -0.4 is 0 Å². The lowest BCUT2D eigenvalue weighted by Crippen LogP contribution is -2.01. The summed E-state index contributed by atoms with van der Waals surface area (Å²) in [5, 5.41) is 0. The summed E-state index contributed by atoms with van der Waals surface area (Å²) >= 11 is 0. The van der Waals surface area contributed by atoms with Crippen LogP contribution in [-0.2, 0) is 0 Å². The lowest BCUT2D eigenvalue weighted by atomic mass is 10.0. The van der Waals surface area contributed by atoms with Gasteiger partial charge < -0.3 is 4.98 Å². The van der Waals surface area contributed by atoms with Crippen molar-refractivity contribution in [3.8, 4) is 11.4 Å². The normalized spacial score (nSPS) is 10.5. The first kappa shape index (κ1) is 14.9. The molecule has 1 N–H and O–H groups in total. The molecule has 0 bridgehead atoms. The summed E-state index contributed by atoms with van der Waals surface area (Å²) in [5.74, 6) is 0.564. The number of hydrogen-bond donors (Lipinski definition) is 1. The van der Waals surface area contributed by atoms with Crippen molar-refractivity contribution in [2.45, 2.75) is 13.3 Å². The molecule has 0 amide bonds. The average molecular weight is 304 g/mol. The number of H-pyrrole nitrogens is 1. The predicted molar refractivity (Wildman–Crippen MR) is 88.5 cm³/mol. The number of rotatable bonds is 5. The number of hydrogen-bond acceptors (Lipinski definition) is 3. The van der Waals surface area contributed by atoms with Crippen LogP contribution in [-0.4, -0.2) is 21.5 Å². The van der Waals surface area contributed by atoms with Crippen LogP contribution in [0.25, 0.3) is 11.4 Å². The van der Waals surface area contributed by atoms with Crippen LogP contribution in [0.3, 0.4) is 0 Å². The van der Waals surface area contributed by atoms with Gasteiger partial charge in [0.1, 0.15) is 11.5 Å². The van der Waals surface area contributed by atoms with Gasteiger partial charge in [-0.3, -0.25) is 9.59 Å². The summed E-state index contributed by atoms with van der Waals surface area (Å²) in [6.07, 6.45) is 1.96. The predicted octanol–water partition coefficient (Wildman–Crippen LogP) is 3.90. The van der Waals surface area contributed by atoms with Crippen LogP contribution >= 0.6 is 0 Å². The van der Waals surface area contributed by atoms with Crippen molar-refractivity contribution >= 4 is 11.6 Å². The number of benzene rings is 2. The zero-order valence-corrected chi connectivity index (χ0v) is 12.7. The number of ketones is 2. The van der Waals surface area contributed by atoms with Gasteiger partial charge in [0.25, 0.3) is 0 Å². The number of nitrogens with zero attached hydrogens (tertiary/aromatic N) is 1. The van der Waals surface area contributed by atoms with Gasteiger partial charge in [-0.15, -0.1) is 0 Å². The molecule has 23 heavy (non-hydrogen) atoms. The fourth-order valence-corrected chi connectivity index (χ4v) is 2.36. The van der Waals surface area contributed by atoms with Crippen LogP contribution in [0.5, 0.6) is 0 Å². The Morgan fingerprint density at radius 2 is 1.74 bits per heavy atom. The molecule has 4 heteroatoms. The molecule has 0 fully saturated rings. The molecule has 4 nitrogen and oxygen atoms in total. The SMILES string of the molecule is CCC(=O)c1cnc(-c2cccc(C(=O)c3ccccc3)c2)[nH]1. The Bertz CT molecular complexity index is 851. The van der Waals surface area contributed by atoms with Gasteiger partial charge in [0.15, 0.2) is 11.6 Å². The molecule has 0 spiro atoms. The van der Waals surface area contributed by atoms with E-state index in [9.17, 15) is 9.59 Å². The van der Waals surface area contributed by atoms with E-state index in [1.807, 2.05) is 37.3 Å². The number of Topliss-reactive ketones (excluding diaryl/α,β-unsaturated/α-hetero) is 1. The Morgan fingerprint density at radius 1 is 1.00 bits per heavy atom. The van der Waals surface area contributed by atoms with Gasteiger partial charge >= 0.3 is 0 Å². The molecular formula is C19H16N2O2. The van der Waals surface area contributed by atoms with Crippen molar-refractivity contribution in [3.63, 3.8) is 0 Å². The van der Waals surface area contributed by atoms with Crippen molar-refractivity contribution in [2.24, 2.45) is 0 Å². The summed E-state index contributed by atoms with van der Waals surface area (Å²) in [6.45, 7) is 1.81. The minimum absolute atomic E-state index is 0.0141. The Hall–Kier alpha value is -3.01. The Labute approximate surface area is 134 Å². The molecular weight excluding hydrogens is 288 g/mol. The first-order valence-electron chi connectivity index (χ1n) is 7.47. The molecule has 0 radical (unpaired) electrons. The second-order valence-electron chi connectivity index (χ2n) is 5.20. The molecule has 0 aliphatic rings. The number of nitrogens with one attached hydrogen (secondary N) is 1. The van der Waals surface area contributed by atoms with Crippen LogP contribution in [0.4, 0.5) is 0 Å². The highest BCUT2D eigenvalue weighted by molar-refractivity contribution is 6.09. The van der Waals surface area contributed by atoms with Crippen LogP contribution in [0, 0.1) is 0 Å². The largest absolute Gasteiger partial charge is 0.336 e. The molecule has 114 valence electrons. The Balaban J connectivity index is 1.93. The summed E-state index contributed by atoms with van der Waals surface area (Å²) in [4.78, 5) is 31.5. The molecule has 3 rings (SSSR count). The molecule has 0 aliphatic heterocycles. The Morgan fingerprint density at radius 3 is 2.48 bits per heavy atom. The van der Waals surface area contributed by atoms with Crippen molar-refractivity contribution in [3.05, 3.63) is 77.6 Å². The third-order valence-electron chi connectivity index (χ3n) is 3.63. The summed E-state index contributed by atoms with van der Waals surface area (Å²) in [5.41, 5.74) is 2.50. The maximum absolute atomic E-state index is 12.5. The van der Waals surface area contributed by atoms with E-state index in [-0.39, 0.29) is 11.6 Å². The monoisotopic (exact) mass is 304 g/mol. The number of carbonyl (C=O) groups is 2. The first-order valence-corrected chi connectivity index (χ1v) is 7.47. The lowest BCUT2D eigenvalue weighted by Gasteiger charge is -2.03. The first-order chi connectivity index (χ1) is 11.2. The number of imidazole rings is 1. The molecule has 0 unspecified atom stereocenters. The molecule has 2 aromatic carbocycles. The van der Waals surface area contributed by atoms with Gasteiger partial charge in [-0.25, -0.2) is 4.98 Å². The quantitative estimate of drug-likeness (QED) is 0.727. The smallest absolute Gasteiger partial charge is 0.193 e. The molecule has 1 aromatic heterocycles. The van der Waals surface area contributed by atoms with Gasteiger partial charge in [0.2, 0.25) is 0 Å². The van der Waals surface area contributed by atoms with E-state index in [0.29, 0.717) is 29.1 Å². The lowest BCUT2D eigenvalue weighted by molar-refractivity contribution is 0.0982. The van der Waals surface area contributed by atoms with E-state index in [2.05, 4.69) is 9.97 Å². The van der Waals surface area contributed by atoms with E-state index >= 15 is 0 Å². The summed E-state index contributed by atoms with van der Waals surface area (Å²) < 4.78 is 0. The van der Waals surface area contributed by atoms with E-state index in [1.54, 1.807) is 24.3 Å². The molecule has 3 aromatic rings. The molecule has 0 saturated carbocycles. The minimum Gasteiger partial charge on any atom is -0.336 e. The topological polar surface area (TPSA) is 62.8 Å². The van der Waals surface area contributed by atoms with E-state index < -0.39 is 0 Å². The van der Waals surface area contributed by atoms with Gasteiger partial charge in [-0.05, 0) is 6.07 Å². The highest BCUT2D eigenvalue weighted by Gasteiger charge is 2.12. The summed E-state index contributed by atoms with van der Waals surface area (Å²) in [7, 11) is 0. The zero-order chi connectivity index (χ0) is 16.2. The zero-order valence-electron chi connectivity index (χ0n) is 12.7. The number of aromatic nitrogens is 2. The van der Waals surface area contributed by atoms with Crippen LogP contribution in [0.1, 0.15) is 39.8 Å². The minimum atomic E-state index is -0.0381. The highest BCUT2D eigenvalue weighted by Crippen LogP contribution is 2.19. The molecule has 0 aliphatic carbocycles. The van der Waals surface area contributed by atoms with E-state index in [4.69, 9.17) is 0 Å². The second kappa shape index (κ2) is 6.40. The second-order valence-corrected chi connectivity index (χ2v) is 5.20.